The normalized spacial score (nSPS) is 14.3. The van der Waals surface area contributed by atoms with Crippen molar-refractivity contribution < 1.29 is 18.8 Å². The molecule has 1 aliphatic heterocycles. The standard InChI is InChI=1S/C20H25N3O4/c1-3-4-16-5-7-17(8-6-16)26-14-19(24)22-9-11-23(12-10-22)20(25)18-13-15(2)27-21-18/h5-8,13H,3-4,9-12,14H2,1-2H3. The minimum atomic E-state index is -0.164. The molecule has 0 N–H and O–H groups in total. The highest BCUT2D eigenvalue weighted by Crippen LogP contribution is 2.14. The Balaban J connectivity index is 1.45. The number of aryl methyl sites for hydroxylation is 2. The Morgan fingerprint density at radius 1 is 1.11 bits per heavy atom. The number of piperazine rings is 1. The number of aromatic nitrogens is 1. The van der Waals surface area contributed by atoms with E-state index in [-0.39, 0.29) is 18.4 Å². The molecular formula is C20H25N3O4. The van der Waals surface area contributed by atoms with Crippen LogP contribution in [0.5, 0.6) is 5.75 Å². The van der Waals surface area contributed by atoms with Gasteiger partial charge in [0, 0.05) is 32.2 Å². The van der Waals surface area contributed by atoms with Gasteiger partial charge in [0.2, 0.25) is 0 Å². The van der Waals surface area contributed by atoms with Gasteiger partial charge in [0.05, 0.1) is 0 Å². The van der Waals surface area contributed by atoms with Crippen LogP contribution in [0.2, 0.25) is 0 Å². The summed E-state index contributed by atoms with van der Waals surface area (Å²) in [7, 11) is 0. The van der Waals surface area contributed by atoms with Crippen LogP contribution in [0.1, 0.15) is 35.2 Å². The van der Waals surface area contributed by atoms with Gasteiger partial charge >= 0.3 is 0 Å². The summed E-state index contributed by atoms with van der Waals surface area (Å²) < 4.78 is 10.6. The number of carbonyl (C=O) groups is 2. The Kier molecular flexibility index (Phi) is 6.11. The fourth-order valence-corrected chi connectivity index (χ4v) is 3.07. The van der Waals surface area contributed by atoms with Crippen LogP contribution in [-0.4, -0.2) is 59.6 Å². The Bertz CT molecular complexity index is 777. The number of carbonyl (C=O) groups excluding carboxylic acids is 2. The van der Waals surface area contributed by atoms with E-state index in [2.05, 4.69) is 12.1 Å². The third kappa shape index (κ3) is 4.87. The number of rotatable bonds is 6. The molecule has 1 fully saturated rings. The molecule has 0 saturated carbocycles. The minimum absolute atomic E-state index is 0.00352. The van der Waals surface area contributed by atoms with Crippen LogP contribution in [0.25, 0.3) is 0 Å². The molecule has 0 unspecified atom stereocenters. The first-order chi connectivity index (χ1) is 13.1. The van der Waals surface area contributed by atoms with E-state index in [0.717, 1.165) is 12.8 Å². The van der Waals surface area contributed by atoms with Crippen molar-refractivity contribution in [2.24, 2.45) is 0 Å². The highest BCUT2D eigenvalue weighted by molar-refractivity contribution is 5.92. The van der Waals surface area contributed by atoms with Crippen LogP contribution < -0.4 is 4.74 Å². The van der Waals surface area contributed by atoms with E-state index >= 15 is 0 Å². The Morgan fingerprint density at radius 2 is 1.78 bits per heavy atom. The van der Waals surface area contributed by atoms with Gasteiger partial charge in [0.1, 0.15) is 11.5 Å². The molecule has 3 rings (SSSR count). The third-order valence-corrected chi connectivity index (χ3v) is 4.59. The predicted octanol–water partition coefficient (Wildman–Crippen LogP) is 2.30. The monoisotopic (exact) mass is 371 g/mol. The van der Waals surface area contributed by atoms with Crippen molar-refractivity contribution in [3.63, 3.8) is 0 Å². The smallest absolute Gasteiger partial charge is 0.276 e. The Hall–Kier alpha value is -2.83. The zero-order valence-electron chi connectivity index (χ0n) is 15.8. The lowest BCUT2D eigenvalue weighted by Crippen LogP contribution is -2.51. The zero-order chi connectivity index (χ0) is 19.2. The number of ether oxygens (including phenoxy) is 1. The molecule has 7 heteroatoms. The van der Waals surface area contributed by atoms with Crippen LogP contribution >= 0.6 is 0 Å². The molecule has 1 aromatic carbocycles. The van der Waals surface area contributed by atoms with Crippen molar-refractivity contribution in [3.8, 4) is 5.75 Å². The summed E-state index contributed by atoms with van der Waals surface area (Å²) in [5, 5.41) is 3.76. The molecule has 0 atom stereocenters. The van der Waals surface area contributed by atoms with Crippen molar-refractivity contribution in [1.29, 1.82) is 0 Å². The number of hydrogen-bond donors (Lipinski definition) is 0. The summed E-state index contributed by atoms with van der Waals surface area (Å²) in [5.74, 6) is 1.06. The van der Waals surface area contributed by atoms with Crippen LogP contribution in [0, 0.1) is 6.92 Å². The highest BCUT2D eigenvalue weighted by atomic mass is 16.5. The van der Waals surface area contributed by atoms with Gasteiger partial charge in [0.15, 0.2) is 12.3 Å². The van der Waals surface area contributed by atoms with E-state index in [0.29, 0.717) is 43.4 Å². The molecule has 27 heavy (non-hydrogen) atoms. The first-order valence-corrected chi connectivity index (χ1v) is 9.29. The van der Waals surface area contributed by atoms with Crippen molar-refractivity contribution >= 4 is 11.8 Å². The topological polar surface area (TPSA) is 75.9 Å². The van der Waals surface area contributed by atoms with Gasteiger partial charge in [-0.3, -0.25) is 9.59 Å². The summed E-state index contributed by atoms with van der Waals surface area (Å²) >= 11 is 0. The molecule has 1 aromatic heterocycles. The van der Waals surface area contributed by atoms with Crippen molar-refractivity contribution in [2.45, 2.75) is 26.7 Å². The largest absolute Gasteiger partial charge is 0.484 e. The summed E-state index contributed by atoms with van der Waals surface area (Å²) in [5.41, 5.74) is 1.57. The van der Waals surface area contributed by atoms with E-state index in [9.17, 15) is 9.59 Å². The quantitative estimate of drug-likeness (QED) is 0.779. The second kappa shape index (κ2) is 8.70. The fraction of sp³-hybridized carbons (Fsp3) is 0.450. The summed E-state index contributed by atoms with van der Waals surface area (Å²) in [4.78, 5) is 28.1. The van der Waals surface area contributed by atoms with Gasteiger partial charge in [0.25, 0.3) is 11.8 Å². The lowest BCUT2D eigenvalue weighted by Gasteiger charge is -2.34. The van der Waals surface area contributed by atoms with E-state index in [1.807, 2.05) is 24.3 Å². The summed E-state index contributed by atoms with van der Waals surface area (Å²) in [6.45, 7) is 5.81. The number of hydrogen-bond acceptors (Lipinski definition) is 5. The van der Waals surface area contributed by atoms with Crippen LogP contribution in [-0.2, 0) is 11.2 Å². The number of nitrogens with zero attached hydrogens (tertiary/aromatic N) is 3. The molecule has 2 aromatic rings. The van der Waals surface area contributed by atoms with E-state index in [1.165, 1.54) is 5.56 Å². The van der Waals surface area contributed by atoms with Gasteiger partial charge < -0.3 is 19.1 Å². The maximum Gasteiger partial charge on any atom is 0.276 e. The van der Waals surface area contributed by atoms with Crippen molar-refractivity contribution in [3.05, 3.63) is 47.3 Å². The van der Waals surface area contributed by atoms with Crippen LogP contribution in [0.3, 0.4) is 0 Å². The maximum atomic E-state index is 12.4. The molecule has 0 bridgehead atoms. The minimum Gasteiger partial charge on any atom is -0.484 e. The molecule has 0 aliphatic carbocycles. The van der Waals surface area contributed by atoms with Crippen molar-refractivity contribution in [2.75, 3.05) is 32.8 Å². The van der Waals surface area contributed by atoms with Gasteiger partial charge in [-0.05, 0) is 31.0 Å². The average molecular weight is 371 g/mol. The molecular weight excluding hydrogens is 346 g/mol. The summed E-state index contributed by atoms with van der Waals surface area (Å²) in [6.07, 6.45) is 2.14. The Morgan fingerprint density at radius 3 is 2.37 bits per heavy atom. The van der Waals surface area contributed by atoms with E-state index < -0.39 is 0 Å². The molecule has 1 saturated heterocycles. The highest BCUT2D eigenvalue weighted by Gasteiger charge is 2.26. The predicted molar refractivity (Wildman–Crippen MR) is 99.7 cm³/mol. The lowest BCUT2D eigenvalue weighted by atomic mass is 10.1. The first kappa shape index (κ1) is 18.9. The van der Waals surface area contributed by atoms with Gasteiger partial charge in [-0.2, -0.15) is 0 Å². The second-order valence-electron chi connectivity index (χ2n) is 6.68. The molecule has 2 heterocycles. The first-order valence-electron chi connectivity index (χ1n) is 9.29. The van der Waals surface area contributed by atoms with E-state index in [1.54, 1.807) is 22.8 Å². The van der Waals surface area contributed by atoms with E-state index in [4.69, 9.17) is 9.26 Å². The Labute approximate surface area is 158 Å². The SMILES string of the molecule is CCCc1ccc(OCC(=O)N2CCN(C(=O)c3cc(C)on3)CC2)cc1. The summed E-state index contributed by atoms with van der Waals surface area (Å²) in [6, 6.07) is 9.47. The molecule has 2 amide bonds. The molecule has 0 radical (unpaired) electrons. The second-order valence-corrected chi connectivity index (χ2v) is 6.68. The van der Waals surface area contributed by atoms with Crippen molar-refractivity contribution in [1.82, 2.24) is 15.0 Å². The van der Waals surface area contributed by atoms with Crippen LogP contribution in [0.4, 0.5) is 0 Å². The molecule has 144 valence electrons. The fourth-order valence-electron chi connectivity index (χ4n) is 3.07. The molecule has 0 spiro atoms. The average Bonchev–Trinajstić information content (AvgIpc) is 3.13. The van der Waals surface area contributed by atoms with Crippen LogP contribution in [0.15, 0.2) is 34.9 Å². The number of amides is 2. The lowest BCUT2D eigenvalue weighted by molar-refractivity contribution is -0.134. The zero-order valence-corrected chi connectivity index (χ0v) is 15.8. The number of benzene rings is 1. The third-order valence-electron chi connectivity index (χ3n) is 4.59. The van der Waals surface area contributed by atoms with Gasteiger partial charge in [-0.1, -0.05) is 30.6 Å². The molecule has 7 nitrogen and oxygen atoms in total. The van der Waals surface area contributed by atoms with Gasteiger partial charge in [-0.15, -0.1) is 0 Å². The van der Waals surface area contributed by atoms with Gasteiger partial charge in [-0.25, -0.2) is 0 Å². The molecule has 1 aliphatic rings. The maximum absolute atomic E-state index is 12.4.